The maximum absolute atomic E-state index is 12.3. The van der Waals surface area contributed by atoms with Gasteiger partial charge in [-0.1, -0.05) is 12.1 Å². The van der Waals surface area contributed by atoms with Crippen LogP contribution in [0, 0.1) is 0 Å². The minimum absolute atomic E-state index is 0.321. The first-order valence-electron chi connectivity index (χ1n) is 14.3. The van der Waals surface area contributed by atoms with Crippen LogP contribution < -0.4 is 15.5 Å². The van der Waals surface area contributed by atoms with E-state index >= 15 is 0 Å². The molecule has 0 unspecified atom stereocenters. The molecule has 1 aliphatic rings. The molecular weight excluding hydrogens is 518 g/mol. The number of ether oxygens (including phenoxy) is 1. The molecule has 3 N–H and O–H groups in total. The number of anilines is 3. The van der Waals surface area contributed by atoms with Gasteiger partial charge in [0, 0.05) is 56.7 Å². The highest BCUT2D eigenvalue weighted by Crippen LogP contribution is 2.28. The Hall–Kier alpha value is -3.76. The van der Waals surface area contributed by atoms with Crippen LogP contribution in [0.4, 0.5) is 22.2 Å². The number of nitrogens with one attached hydrogen (secondary N) is 2. The molecule has 0 aliphatic carbocycles. The van der Waals surface area contributed by atoms with E-state index in [1.165, 1.54) is 0 Å². The van der Waals surface area contributed by atoms with Crippen LogP contribution in [0.5, 0.6) is 0 Å². The van der Waals surface area contributed by atoms with E-state index in [2.05, 4.69) is 30.5 Å². The fourth-order valence-electron chi connectivity index (χ4n) is 4.77. The summed E-state index contributed by atoms with van der Waals surface area (Å²) in [5.41, 5.74) is 2.21. The normalized spacial score (nSPS) is 14.9. The lowest BCUT2D eigenvalue weighted by molar-refractivity contribution is -0.0315. The van der Waals surface area contributed by atoms with Crippen molar-refractivity contribution in [1.29, 1.82) is 0 Å². The van der Waals surface area contributed by atoms with Gasteiger partial charge < -0.3 is 30.3 Å². The summed E-state index contributed by atoms with van der Waals surface area (Å²) in [5, 5.41) is 17.6. The summed E-state index contributed by atoms with van der Waals surface area (Å²) in [6.45, 7) is 8.43. The SMILES string of the molecule is CNCCCN(C)c1ccc(-c2ccnc(Nc3ccc(CC4(O)CCN(C(=O)OC(C)(C)C)CC4)cc3)n2)cn1. The molecule has 220 valence electrons. The Morgan fingerprint density at radius 2 is 1.83 bits per heavy atom. The minimum atomic E-state index is -0.851. The Morgan fingerprint density at radius 3 is 2.46 bits per heavy atom. The molecule has 3 aromatic rings. The number of likely N-dealkylation sites (tertiary alicyclic amines) is 1. The van der Waals surface area contributed by atoms with Crippen molar-refractivity contribution < 1.29 is 14.6 Å². The molecule has 0 atom stereocenters. The van der Waals surface area contributed by atoms with E-state index in [1.54, 1.807) is 11.1 Å². The highest BCUT2D eigenvalue weighted by atomic mass is 16.6. The largest absolute Gasteiger partial charge is 0.444 e. The number of aliphatic hydroxyl groups is 1. The lowest BCUT2D eigenvalue weighted by Gasteiger charge is -2.38. The van der Waals surface area contributed by atoms with Gasteiger partial charge in [-0.25, -0.2) is 19.7 Å². The Morgan fingerprint density at radius 1 is 1.10 bits per heavy atom. The number of piperidine rings is 1. The number of nitrogens with zero attached hydrogens (tertiary/aromatic N) is 5. The molecule has 1 aliphatic heterocycles. The van der Waals surface area contributed by atoms with Crippen LogP contribution in [0.2, 0.25) is 0 Å². The molecule has 1 saturated heterocycles. The van der Waals surface area contributed by atoms with Crippen molar-refractivity contribution in [1.82, 2.24) is 25.2 Å². The second-order valence-electron chi connectivity index (χ2n) is 11.7. The minimum Gasteiger partial charge on any atom is -0.444 e. The molecule has 10 nitrogen and oxygen atoms in total. The summed E-state index contributed by atoms with van der Waals surface area (Å²) >= 11 is 0. The van der Waals surface area contributed by atoms with Gasteiger partial charge in [-0.05, 0) is 89.5 Å². The number of hydrogen-bond acceptors (Lipinski definition) is 9. The van der Waals surface area contributed by atoms with Gasteiger partial charge in [-0.3, -0.25) is 0 Å². The highest BCUT2D eigenvalue weighted by Gasteiger charge is 2.35. The molecule has 0 bridgehead atoms. The molecule has 0 spiro atoms. The lowest BCUT2D eigenvalue weighted by Crippen LogP contribution is -2.49. The Labute approximate surface area is 243 Å². The smallest absolute Gasteiger partial charge is 0.410 e. The Balaban J connectivity index is 1.31. The van der Waals surface area contributed by atoms with E-state index in [4.69, 9.17) is 4.74 Å². The number of benzene rings is 1. The molecule has 1 amide bonds. The molecule has 1 aromatic carbocycles. The van der Waals surface area contributed by atoms with Crippen LogP contribution in [-0.2, 0) is 11.2 Å². The van der Waals surface area contributed by atoms with Crippen molar-refractivity contribution in [2.45, 2.75) is 57.7 Å². The first kappa shape index (κ1) is 30.2. The number of carbonyl (C=O) groups excluding carboxylic acids is 1. The number of amides is 1. The van der Waals surface area contributed by atoms with Crippen LogP contribution in [0.15, 0.2) is 54.9 Å². The third kappa shape index (κ3) is 8.86. The molecule has 0 saturated carbocycles. The summed E-state index contributed by atoms with van der Waals surface area (Å²) in [7, 11) is 4.01. The van der Waals surface area contributed by atoms with Gasteiger partial charge in [-0.2, -0.15) is 0 Å². The zero-order valence-electron chi connectivity index (χ0n) is 24.9. The second-order valence-corrected chi connectivity index (χ2v) is 11.7. The summed E-state index contributed by atoms with van der Waals surface area (Å²) in [6.07, 6.45) is 5.84. The summed E-state index contributed by atoms with van der Waals surface area (Å²) in [4.78, 5) is 29.8. The van der Waals surface area contributed by atoms with Gasteiger partial charge in [-0.15, -0.1) is 0 Å². The van der Waals surface area contributed by atoms with E-state index in [-0.39, 0.29) is 6.09 Å². The van der Waals surface area contributed by atoms with Crippen molar-refractivity contribution in [3.63, 3.8) is 0 Å². The number of pyridine rings is 1. The lowest BCUT2D eigenvalue weighted by atomic mass is 9.85. The number of hydrogen-bond donors (Lipinski definition) is 3. The number of aromatic nitrogens is 3. The third-order valence-electron chi connectivity index (χ3n) is 7.10. The number of carbonyl (C=O) groups is 1. The van der Waals surface area contributed by atoms with Crippen LogP contribution in [0.1, 0.15) is 45.6 Å². The average molecular weight is 562 g/mol. The van der Waals surface area contributed by atoms with Crippen molar-refractivity contribution in [2.75, 3.05) is 50.5 Å². The molecule has 3 heterocycles. The standard InChI is InChI=1S/C31H43N7O3/c1-30(2,3)41-29(39)38-19-14-31(40,15-20-38)21-23-7-10-25(11-8-23)35-28-33-17-13-26(36-28)24-9-12-27(34-22-24)37(5)18-6-16-32-4/h7-13,17,22,32,40H,6,14-16,18-21H2,1-5H3,(H,33,35,36). The molecule has 10 heteroatoms. The third-order valence-corrected chi connectivity index (χ3v) is 7.10. The van der Waals surface area contributed by atoms with Crippen LogP contribution in [0.3, 0.4) is 0 Å². The highest BCUT2D eigenvalue weighted by molar-refractivity contribution is 5.68. The maximum atomic E-state index is 12.3. The van der Waals surface area contributed by atoms with E-state index in [0.29, 0.717) is 38.3 Å². The van der Waals surface area contributed by atoms with Gasteiger partial charge in [0.15, 0.2) is 0 Å². The molecule has 4 rings (SSSR count). The summed E-state index contributed by atoms with van der Waals surface area (Å²) in [6, 6.07) is 13.8. The Bertz CT molecular complexity index is 1270. The van der Waals surface area contributed by atoms with E-state index < -0.39 is 11.2 Å². The predicted molar refractivity (Wildman–Crippen MR) is 162 cm³/mol. The molecule has 41 heavy (non-hydrogen) atoms. The second kappa shape index (κ2) is 13.3. The van der Waals surface area contributed by atoms with Crippen molar-refractivity contribution in [2.24, 2.45) is 0 Å². The van der Waals surface area contributed by atoms with Crippen molar-refractivity contribution >= 4 is 23.5 Å². The first-order chi connectivity index (χ1) is 19.5. The summed E-state index contributed by atoms with van der Waals surface area (Å²) in [5.74, 6) is 1.42. The quantitative estimate of drug-likeness (QED) is 0.305. The van der Waals surface area contributed by atoms with E-state index in [0.717, 1.165) is 47.8 Å². The van der Waals surface area contributed by atoms with Crippen LogP contribution in [0.25, 0.3) is 11.3 Å². The van der Waals surface area contributed by atoms with Crippen molar-refractivity contribution in [3.8, 4) is 11.3 Å². The topological polar surface area (TPSA) is 116 Å². The van der Waals surface area contributed by atoms with Crippen LogP contribution >= 0.6 is 0 Å². The number of rotatable bonds is 10. The fraction of sp³-hybridized carbons (Fsp3) is 0.484. The van der Waals surface area contributed by atoms with E-state index in [9.17, 15) is 9.90 Å². The van der Waals surface area contributed by atoms with Gasteiger partial charge >= 0.3 is 6.09 Å². The van der Waals surface area contributed by atoms with E-state index in [1.807, 2.05) is 83.5 Å². The molecular formula is C31H43N7O3. The van der Waals surface area contributed by atoms with Gasteiger partial charge in [0.1, 0.15) is 11.4 Å². The zero-order chi connectivity index (χ0) is 29.5. The average Bonchev–Trinajstić information content (AvgIpc) is 2.94. The molecule has 0 radical (unpaired) electrons. The maximum Gasteiger partial charge on any atom is 0.410 e. The molecule has 1 fully saturated rings. The van der Waals surface area contributed by atoms with Crippen molar-refractivity contribution in [3.05, 3.63) is 60.4 Å². The first-order valence-corrected chi connectivity index (χ1v) is 14.3. The Kier molecular flexibility index (Phi) is 9.77. The monoisotopic (exact) mass is 561 g/mol. The van der Waals surface area contributed by atoms with Gasteiger partial charge in [0.25, 0.3) is 0 Å². The fourth-order valence-corrected chi connectivity index (χ4v) is 4.77. The van der Waals surface area contributed by atoms with Gasteiger partial charge in [0.05, 0.1) is 11.3 Å². The van der Waals surface area contributed by atoms with Gasteiger partial charge in [0.2, 0.25) is 5.95 Å². The van der Waals surface area contributed by atoms with Crippen LogP contribution in [-0.4, -0.2) is 82.5 Å². The summed E-state index contributed by atoms with van der Waals surface area (Å²) < 4.78 is 5.47. The molecule has 2 aromatic heterocycles. The predicted octanol–water partition coefficient (Wildman–Crippen LogP) is 4.63. The zero-order valence-corrected chi connectivity index (χ0v) is 24.9.